The maximum absolute atomic E-state index is 12.4. The minimum Gasteiger partial charge on any atom is -0.481 e. The fourth-order valence-electron chi connectivity index (χ4n) is 2.51. The van der Waals surface area contributed by atoms with E-state index in [2.05, 4.69) is 5.32 Å². The Morgan fingerprint density at radius 3 is 2.46 bits per heavy atom. The van der Waals surface area contributed by atoms with Crippen LogP contribution >= 0.6 is 0 Å². The Bertz CT molecular complexity index is 857. The first-order chi connectivity index (χ1) is 12.2. The monoisotopic (exact) mass is 379 g/mol. The fourth-order valence-corrected chi connectivity index (χ4v) is 3.19. The third-order valence-electron chi connectivity index (χ3n) is 3.66. The number of carboxylic acid groups (broad SMARTS) is 1. The number of furan rings is 1. The van der Waals surface area contributed by atoms with Crippen molar-refractivity contribution in [1.82, 2.24) is 5.32 Å². The van der Waals surface area contributed by atoms with Gasteiger partial charge in [-0.15, -0.1) is 0 Å². The highest BCUT2D eigenvalue weighted by Gasteiger charge is 2.19. The SMILES string of the molecule is CS(=O)(=O)Cc1ccc(C(=O)NC(CCC(=O)O)Cc2ccccc2)o1. The van der Waals surface area contributed by atoms with Crippen molar-refractivity contribution in [2.24, 2.45) is 0 Å². The van der Waals surface area contributed by atoms with E-state index < -0.39 is 21.7 Å². The summed E-state index contributed by atoms with van der Waals surface area (Å²) in [6.07, 6.45) is 1.76. The third-order valence-corrected chi connectivity index (χ3v) is 4.47. The molecule has 0 fully saturated rings. The second-order valence-corrected chi connectivity index (χ2v) is 8.27. The van der Waals surface area contributed by atoms with E-state index in [1.54, 1.807) is 0 Å². The quantitative estimate of drug-likeness (QED) is 0.689. The standard InChI is InChI=1S/C18H21NO6S/c1-26(23,24)12-15-8-9-16(25-15)18(22)19-14(7-10-17(20)21)11-13-5-3-2-4-6-13/h2-6,8-9,14H,7,10-12H2,1H3,(H,19,22)(H,20,21). The Morgan fingerprint density at radius 1 is 1.15 bits per heavy atom. The van der Waals surface area contributed by atoms with Crippen LogP contribution in [0.5, 0.6) is 0 Å². The van der Waals surface area contributed by atoms with Crippen LogP contribution < -0.4 is 5.32 Å². The average molecular weight is 379 g/mol. The van der Waals surface area contributed by atoms with Crippen LogP contribution in [0.4, 0.5) is 0 Å². The summed E-state index contributed by atoms with van der Waals surface area (Å²) in [7, 11) is -3.26. The number of carbonyl (C=O) groups excluding carboxylic acids is 1. The lowest BCUT2D eigenvalue weighted by Gasteiger charge is -2.17. The van der Waals surface area contributed by atoms with Gasteiger partial charge in [0.05, 0.1) is 0 Å². The number of aliphatic carboxylic acids is 1. The van der Waals surface area contributed by atoms with Gasteiger partial charge in [-0.3, -0.25) is 9.59 Å². The van der Waals surface area contributed by atoms with E-state index in [9.17, 15) is 18.0 Å². The van der Waals surface area contributed by atoms with Crippen molar-refractivity contribution >= 4 is 21.7 Å². The molecule has 1 atom stereocenters. The Kier molecular flexibility index (Phi) is 6.57. The predicted molar refractivity (Wildman–Crippen MR) is 95.5 cm³/mol. The Balaban J connectivity index is 2.06. The highest BCUT2D eigenvalue weighted by molar-refractivity contribution is 7.89. The van der Waals surface area contributed by atoms with Crippen LogP contribution in [0, 0.1) is 0 Å². The molecular weight excluding hydrogens is 358 g/mol. The molecule has 8 heteroatoms. The molecule has 0 spiro atoms. The van der Waals surface area contributed by atoms with Gasteiger partial charge in [0.2, 0.25) is 0 Å². The summed E-state index contributed by atoms with van der Waals surface area (Å²) in [5, 5.41) is 11.7. The topological polar surface area (TPSA) is 114 Å². The fraction of sp³-hybridized carbons (Fsp3) is 0.333. The van der Waals surface area contributed by atoms with Gasteiger partial charge in [-0.05, 0) is 30.5 Å². The highest BCUT2D eigenvalue weighted by Crippen LogP contribution is 2.13. The van der Waals surface area contributed by atoms with E-state index in [1.807, 2.05) is 30.3 Å². The lowest BCUT2D eigenvalue weighted by atomic mass is 10.0. The first-order valence-electron chi connectivity index (χ1n) is 8.06. The van der Waals surface area contributed by atoms with Crippen LogP contribution in [0.2, 0.25) is 0 Å². The Morgan fingerprint density at radius 2 is 1.85 bits per heavy atom. The zero-order chi connectivity index (χ0) is 19.2. The second kappa shape index (κ2) is 8.66. The molecule has 0 saturated heterocycles. The van der Waals surface area contributed by atoms with Gasteiger partial charge in [0.25, 0.3) is 5.91 Å². The number of carboxylic acids is 1. The van der Waals surface area contributed by atoms with E-state index in [0.29, 0.717) is 6.42 Å². The number of benzene rings is 1. The molecule has 2 N–H and O–H groups in total. The van der Waals surface area contributed by atoms with Gasteiger partial charge in [0.15, 0.2) is 15.6 Å². The summed E-state index contributed by atoms with van der Waals surface area (Å²) in [5.74, 6) is -1.55. The van der Waals surface area contributed by atoms with Gasteiger partial charge < -0.3 is 14.8 Å². The Hall–Kier alpha value is -2.61. The second-order valence-electron chi connectivity index (χ2n) is 6.13. The van der Waals surface area contributed by atoms with E-state index in [0.717, 1.165) is 11.8 Å². The van der Waals surface area contributed by atoms with E-state index in [-0.39, 0.29) is 36.2 Å². The van der Waals surface area contributed by atoms with E-state index in [4.69, 9.17) is 9.52 Å². The maximum Gasteiger partial charge on any atom is 0.303 e. The van der Waals surface area contributed by atoms with Crippen LogP contribution in [0.15, 0.2) is 46.9 Å². The number of rotatable bonds is 9. The maximum atomic E-state index is 12.4. The molecule has 0 bridgehead atoms. The normalized spacial score (nSPS) is 12.5. The number of hydrogen-bond donors (Lipinski definition) is 2. The average Bonchev–Trinajstić information content (AvgIpc) is 3.00. The van der Waals surface area contributed by atoms with Crippen molar-refractivity contribution in [2.45, 2.75) is 31.1 Å². The number of amides is 1. The van der Waals surface area contributed by atoms with Crippen LogP contribution in [-0.2, 0) is 26.8 Å². The zero-order valence-corrected chi connectivity index (χ0v) is 15.2. The number of nitrogens with one attached hydrogen (secondary N) is 1. The van der Waals surface area contributed by atoms with Crippen molar-refractivity contribution in [2.75, 3.05) is 6.26 Å². The van der Waals surface area contributed by atoms with Gasteiger partial charge in [0.1, 0.15) is 11.5 Å². The molecule has 1 aromatic carbocycles. The highest BCUT2D eigenvalue weighted by atomic mass is 32.2. The summed E-state index contributed by atoms with van der Waals surface area (Å²) in [6, 6.07) is 11.9. The Labute approximate surface area is 151 Å². The smallest absolute Gasteiger partial charge is 0.303 e. The molecule has 1 aromatic heterocycles. The molecular formula is C18H21NO6S. The number of carbonyl (C=O) groups is 2. The number of sulfone groups is 1. The largest absolute Gasteiger partial charge is 0.481 e. The molecule has 7 nitrogen and oxygen atoms in total. The molecule has 1 heterocycles. The van der Waals surface area contributed by atoms with Crippen molar-refractivity contribution in [3.8, 4) is 0 Å². The molecule has 2 aromatic rings. The summed E-state index contributed by atoms with van der Waals surface area (Å²) in [4.78, 5) is 23.2. The molecule has 26 heavy (non-hydrogen) atoms. The summed E-state index contributed by atoms with van der Waals surface area (Å²) in [6.45, 7) is 0. The van der Waals surface area contributed by atoms with Crippen LogP contribution in [0.3, 0.4) is 0 Å². The molecule has 0 radical (unpaired) electrons. The molecule has 0 aliphatic heterocycles. The lowest BCUT2D eigenvalue weighted by Crippen LogP contribution is -2.36. The molecule has 0 aliphatic carbocycles. The van der Waals surface area contributed by atoms with Crippen molar-refractivity contribution in [3.63, 3.8) is 0 Å². The number of hydrogen-bond acceptors (Lipinski definition) is 5. The minimum atomic E-state index is -3.26. The third kappa shape index (κ3) is 6.72. The minimum absolute atomic E-state index is 0.00274. The van der Waals surface area contributed by atoms with Gasteiger partial charge in [-0.2, -0.15) is 0 Å². The first kappa shape index (κ1) is 19.7. The first-order valence-corrected chi connectivity index (χ1v) is 10.1. The van der Waals surface area contributed by atoms with Gasteiger partial charge in [0, 0.05) is 18.7 Å². The van der Waals surface area contributed by atoms with Crippen LogP contribution in [-0.4, -0.2) is 37.7 Å². The van der Waals surface area contributed by atoms with Gasteiger partial charge >= 0.3 is 5.97 Å². The van der Waals surface area contributed by atoms with Gasteiger partial charge in [-0.25, -0.2) is 8.42 Å². The summed E-state index contributed by atoms with van der Waals surface area (Å²) in [5.41, 5.74) is 0.973. The molecule has 0 saturated carbocycles. The molecule has 2 rings (SSSR count). The summed E-state index contributed by atoms with van der Waals surface area (Å²) < 4.78 is 27.9. The van der Waals surface area contributed by atoms with E-state index in [1.165, 1.54) is 12.1 Å². The van der Waals surface area contributed by atoms with Crippen LogP contribution in [0.25, 0.3) is 0 Å². The van der Waals surface area contributed by atoms with Crippen molar-refractivity contribution in [3.05, 3.63) is 59.5 Å². The predicted octanol–water partition coefficient (Wildman–Crippen LogP) is 2.03. The molecule has 140 valence electrons. The van der Waals surface area contributed by atoms with Crippen molar-refractivity contribution < 1.29 is 27.5 Å². The van der Waals surface area contributed by atoms with E-state index >= 15 is 0 Å². The summed E-state index contributed by atoms with van der Waals surface area (Å²) >= 11 is 0. The van der Waals surface area contributed by atoms with Gasteiger partial charge in [-0.1, -0.05) is 30.3 Å². The van der Waals surface area contributed by atoms with Crippen molar-refractivity contribution in [1.29, 1.82) is 0 Å². The van der Waals surface area contributed by atoms with Crippen LogP contribution in [0.1, 0.15) is 34.7 Å². The molecule has 1 unspecified atom stereocenters. The molecule has 0 aliphatic rings. The zero-order valence-electron chi connectivity index (χ0n) is 14.3. The lowest BCUT2D eigenvalue weighted by molar-refractivity contribution is -0.137. The molecule has 1 amide bonds.